The first-order chi connectivity index (χ1) is 14.0. The Bertz CT molecular complexity index is 671. The number of hydrogen-bond donors (Lipinski definition) is 3. The van der Waals surface area contributed by atoms with Crippen LogP contribution in [0.1, 0.15) is 45.1 Å². The minimum Gasteiger partial charge on any atom is -0.339 e. The number of fused-ring (bicyclic) bond motifs is 2. The molecule has 3 rings (SSSR count). The van der Waals surface area contributed by atoms with E-state index in [1.165, 1.54) is 5.56 Å². The Morgan fingerprint density at radius 3 is 2.52 bits per heavy atom. The summed E-state index contributed by atoms with van der Waals surface area (Å²) in [5, 5.41) is 16.0. The average molecular weight is 405 g/mol. The summed E-state index contributed by atoms with van der Waals surface area (Å²) in [6.07, 6.45) is 2.55. The molecule has 1 aromatic carbocycles. The van der Waals surface area contributed by atoms with E-state index in [2.05, 4.69) is 19.2 Å². The summed E-state index contributed by atoms with van der Waals surface area (Å²) in [6.45, 7) is 5.34. The molecule has 0 saturated carbocycles. The highest BCUT2D eigenvalue weighted by molar-refractivity contribution is 5.86. The lowest BCUT2D eigenvalue weighted by molar-refractivity contribution is -0.366. The molecule has 8 heteroatoms. The zero-order valence-electron chi connectivity index (χ0n) is 17.2. The minimum atomic E-state index is -0.768. The predicted octanol–water partition coefficient (Wildman–Crippen LogP) is 1.65. The van der Waals surface area contributed by atoms with Crippen LogP contribution >= 0.6 is 0 Å². The summed E-state index contributed by atoms with van der Waals surface area (Å²) < 4.78 is 5.76. The first kappa shape index (κ1) is 21.7. The topological polar surface area (TPSA) is 94.1 Å². The highest BCUT2D eigenvalue weighted by atomic mass is 16.6. The fourth-order valence-electron chi connectivity index (χ4n) is 3.89. The van der Waals surface area contributed by atoms with Crippen LogP contribution in [0.4, 0.5) is 0 Å². The van der Waals surface area contributed by atoms with Crippen molar-refractivity contribution < 1.29 is 19.5 Å². The van der Waals surface area contributed by atoms with Crippen LogP contribution in [-0.2, 0) is 20.7 Å². The quantitative estimate of drug-likeness (QED) is 0.406. The first-order valence-corrected chi connectivity index (χ1v) is 10.5. The summed E-state index contributed by atoms with van der Waals surface area (Å²) in [7, 11) is 0. The Morgan fingerprint density at radius 2 is 1.93 bits per heavy atom. The normalized spacial score (nSPS) is 22.1. The van der Waals surface area contributed by atoms with E-state index in [4.69, 9.17) is 4.74 Å². The van der Waals surface area contributed by atoms with Gasteiger partial charge in [0.25, 0.3) is 5.91 Å². The maximum atomic E-state index is 13.2. The number of carbonyl (C=O) groups is 2. The molecule has 2 aliphatic rings. The van der Waals surface area contributed by atoms with Gasteiger partial charge in [-0.3, -0.25) is 19.8 Å². The standard InChI is InChI=1S/C21H32N4O4/c1-15(2)11-12-18(26)24(25-19-13-22-14-20(25)29-19)17(21(27)23-28)10-6-9-16-7-4-3-5-8-16/h3-5,7-8,15,17,19-20,22,28H,6,9-14H2,1-2H3,(H,23,27)/t17-,19-,20+/m0/s1. The Kier molecular flexibility index (Phi) is 7.60. The molecule has 29 heavy (non-hydrogen) atoms. The summed E-state index contributed by atoms with van der Waals surface area (Å²) in [5.41, 5.74) is 2.95. The molecule has 0 radical (unpaired) electrons. The number of ether oxygens (including phenoxy) is 1. The number of carbonyl (C=O) groups excluding carboxylic acids is 2. The third-order valence-electron chi connectivity index (χ3n) is 5.48. The van der Waals surface area contributed by atoms with Crippen molar-refractivity contribution in [2.75, 3.05) is 13.1 Å². The van der Waals surface area contributed by atoms with E-state index < -0.39 is 11.9 Å². The van der Waals surface area contributed by atoms with E-state index >= 15 is 0 Å². The SMILES string of the molecule is CC(C)CCC(=O)N([C@@H](CCCc1ccccc1)C(=O)NO)N1[C@@H]2CNC[C@H]1O2. The fourth-order valence-corrected chi connectivity index (χ4v) is 3.89. The van der Waals surface area contributed by atoms with Crippen molar-refractivity contribution in [1.29, 1.82) is 0 Å². The Balaban J connectivity index is 1.74. The highest BCUT2D eigenvalue weighted by Gasteiger charge is 2.50. The van der Waals surface area contributed by atoms with Crippen LogP contribution in [-0.4, -0.2) is 58.6 Å². The number of nitrogens with zero attached hydrogens (tertiary/aromatic N) is 2. The zero-order chi connectivity index (χ0) is 20.8. The van der Waals surface area contributed by atoms with Gasteiger partial charge in [-0.2, -0.15) is 5.01 Å². The second-order valence-electron chi connectivity index (χ2n) is 8.12. The van der Waals surface area contributed by atoms with Crippen molar-refractivity contribution in [3.05, 3.63) is 35.9 Å². The van der Waals surface area contributed by atoms with Gasteiger partial charge in [0.1, 0.15) is 18.5 Å². The Labute approximate surface area is 172 Å². The van der Waals surface area contributed by atoms with Gasteiger partial charge in [-0.25, -0.2) is 5.48 Å². The first-order valence-electron chi connectivity index (χ1n) is 10.5. The van der Waals surface area contributed by atoms with Crippen LogP contribution < -0.4 is 10.8 Å². The van der Waals surface area contributed by atoms with Crippen molar-refractivity contribution in [1.82, 2.24) is 20.8 Å². The number of rotatable bonds is 10. The van der Waals surface area contributed by atoms with Gasteiger partial charge in [-0.1, -0.05) is 44.2 Å². The van der Waals surface area contributed by atoms with Gasteiger partial charge >= 0.3 is 0 Å². The van der Waals surface area contributed by atoms with Gasteiger partial charge in [-0.15, -0.1) is 0 Å². The smallest absolute Gasteiger partial charge is 0.267 e. The zero-order valence-corrected chi connectivity index (χ0v) is 17.2. The molecule has 3 atom stereocenters. The van der Waals surface area contributed by atoms with Crippen molar-refractivity contribution in [3.63, 3.8) is 0 Å². The maximum Gasteiger partial charge on any atom is 0.267 e. The van der Waals surface area contributed by atoms with Gasteiger partial charge in [0.15, 0.2) is 0 Å². The van der Waals surface area contributed by atoms with Crippen LogP contribution in [0.25, 0.3) is 0 Å². The molecule has 1 aromatic rings. The third kappa shape index (κ3) is 5.33. The molecule has 2 saturated heterocycles. The Morgan fingerprint density at radius 1 is 1.24 bits per heavy atom. The lowest BCUT2D eigenvalue weighted by Gasteiger charge is -2.57. The summed E-state index contributed by atoms with van der Waals surface area (Å²) >= 11 is 0. The molecule has 0 aliphatic carbocycles. The third-order valence-corrected chi connectivity index (χ3v) is 5.48. The summed E-state index contributed by atoms with van der Waals surface area (Å²) in [6, 6.07) is 9.27. The molecule has 8 nitrogen and oxygen atoms in total. The number of piperazine rings is 1. The molecule has 2 fully saturated rings. The van der Waals surface area contributed by atoms with E-state index in [9.17, 15) is 14.8 Å². The van der Waals surface area contributed by atoms with E-state index in [1.54, 1.807) is 10.5 Å². The van der Waals surface area contributed by atoms with Gasteiger partial charge in [0, 0.05) is 19.5 Å². The molecule has 2 heterocycles. The number of benzene rings is 1. The van der Waals surface area contributed by atoms with E-state index in [0.29, 0.717) is 31.8 Å². The summed E-state index contributed by atoms with van der Waals surface area (Å²) in [4.78, 5) is 25.7. The number of hydroxylamine groups is 1. The fraction of sp³-hybridized carbons (Fsp3) is 0.619. The number of hydrogen-bond acceptors (Lipinski definition) is 6. The van der Waals surface area contributed by atoms with Crippen molar-refractivity contribution in [3.8, 4) is 0 Å². The lowest BCUT2D eigenvalue weighted by atomic mass is 10.0. The van der Waals surface area contributed by atoms with Crippen molar-refractivity contribution in [2.24, 2.45) is 5.92 Å². The summed E-state index contributed by atoms with van der Waals surface area (Å²) in [5.74, 6) is -0.279. The van der Waals surface area contributed by atoms with Gasteiger partial charge in [0.2, 0.25) is 5.91 Å². The van der Waals surface area contributed by atoms with Crippen LogP contribution in [0, 0.1) is 5.92 Å². The molecule has 0 unspecified atom stereocenters. The van der Waals surface area contributed by atoms with Gasteiger partial charge in [0.05, 0.1) is 0 Å². The Hall–Kier alpha value is -2.00. The van der Waals surface area contributed by atoms with Crippen LogP contribution in [0.2, 0.25) is 0 Å². The number of morpholine rings is 1. The number of aryl methyl sites for hydroxylation is 1. The monoisotopic (exact) mass is 404 g/mol. The number of nitrogens with one attached hydrogen (secondary N) is 2. The molecule has 2 amide bonds. The molecule has 3 N–H and O–H groups in total. The molecular formula is C21H32N4O4. The van der Waals surface area contributed by atoms with Crippen LogP contribution in [0.15, 0.2) is 30.3 Å². The number of hydrazine groups is 1. The largest absolute Gasteiger partial charge is 0.339 e. The van der Waals surface area contributed by atoms with E-state index in [-0.39, 0.29) is 18.4 Å². The van der Waals surface area contributed by atoms with E-state index in [1.807, 2.05) is 35.3 Å². The molecule has 2 aliphatic heterocycles. The van der Waals surface area contributed by atoms with Crippen LogP contribution in [0.5, 0.6) is 0 Å². The van der Waals surface area contributed by atoms with Crippen molar-refractivity contribution in [2.45, 2.75) is 64.4 Å². The average Bonchev–Trinajstić information content (AvgIpc) is 2.74. The second kappa shape index (κ2) is 10.2. The van der Waals surface area contributed by atoms with Crippen molar-refractivity contribution >= 4 is 11.8 Å². The minimum absolute atomic E-state index is 0.104. The van der Waals surface area contributed by atoms with Gasteiger partial charge < -0.3 is 10.1 Å². The predicted molar refractivity (Wildman–Crippen MR) is 107 cm³/mol. The molecule has 160 valence electrons. The lowest BCUT2D eigenvalue weighted by Crippen LogP contribution is -2.77. The van der Waals surface area contributed by atoms with Crippen LogP contribution in [0.3, 0.4) is 0 Å². The van der Waals surface area contributed by atoms with Gasteiger partial charge in [-0.05, 0) is 37.2 Å². The highest BCUT2D eigenvalue weighted by Crippen LogP contribution is 2.30. The molecule has 2 bridgehead atoms. The molecular weight excluding hydrogens is 372 g/mol. The van der Waals surface area contributed by atoms with E-state index in [0.717, 1.165) is 19.3 Å². The number of amides is 2. The maximum absolute atomic E-state index is 13.2. The molecule has 0 spiro atoms. The second-order valence-corrected chi connectivity index (χ2v) is 8.12. The molecule has 0 aromatic heterocycles.